The third kappa shape index (κ3) is 2.82. The van der Waals surface area contributed by atoms with E-state index in [1.165, 1.54) is 6.92 Å². The van der Waals surface area contributed by atoms with Crippen molar-refractivity contribution >= 4 is 34.4 Å². The van der Waals surface area contributed by atoms with Crippen molar-refractivity contribution < 1.29 is 18.8 Å². The number of carbonyl (C=O) groups excluding carboxylic acids is 3. The summed E-state index contributed by atoms with van der Waals surface area (Å²) in [6, 6.07) is 6.43. The van der Waals surface area contributed by atoms with Crippen LogP contribution in [0.25, 0.3) is 11.1 Å². The van der Waals surface area contributed by atoms with E-state index in [0.717, 1.165) is 17.2 Å². The minimum absolute atomic E-state index is 0.0332. The molecule has 0 radical (unpaired) electrons. The summed E-state index contributed by atoms with van der Waals surface area (Å²) < 4.78 is 14.3. The molecule has 6 heteroatoms. The van der Waals surface area contributed by atoms with E-state index in [1.807, 2.05) is 6.79 Å². The molecule has 0 bridgehead atoms. The van der Waals surface area contributed by atoms with Gasteiger partial charge in [0.2, 0.25) is 5.91 Å². The Morgan fingerprint density at radius 3 is 2.48 bits per heavy atom. The SMILES string of the molecule is C=O.CC(=O)c1ccc2c(c1)Cc1c(C(N)=O)cc(F)c(Br)c1-2. The highest BCUT2D eigenvalue weighted by Gasteiger charge is 2.28. The molecular weight excluding hydrogens is 365 g/mol. The van der Waals surface area contributed by atoms with E-state index < -0.39 is 11.7 Å². The minimum atomic E-state index is -0.655. The molecule has 23 heavy (non-hydrogen) atoms. The summed E-state index contributed by atoms with van der Waals surface area (Å²) in [6.07, 6.45) is 0.461. The number of carbonyl (C=O) groups is 3. The van der Waals surface area contributed by atoms with Crippen molar-refractivity contribution in [3.63, 3.8) is 0 Å². The average Bonchev–Trinajstić information content (AvgIpc) is 2.91. The van der Waals surface area contributed by atoms with Gasteiger partial charge in [-0.05, 0) is 58.1 Å². The van der Waals surface area contributed by atoms with E-state index in [4.69, 9.17) is 10.5 Å². The number of Topliss-reactive ketones (excluding diaryl/α,β-unsaturated/α-hetero) is 1. The van der Waals surface area contributed by atoms with Crippen LogP contribution in [0.5, 0.6) is 0 Å². The zero-order valence-corrected chi connectivity index (χ0v) is 13.9. The second-order valence-electron chi connectivity index (χ2n) is 5.04. The van der Waals surface area contributed by atoms with Crippen LogP contribution < -0.4 is 5.73 Å². The van der Waals surface area contributed by atoms with Gasteiger partial charge in [0.25, 0.3) is 0 Å². The Labute approximate surface area is 140 Å². The van der Waals surface area contributed by atoms with Gasteiger partial charge in [-0.2, -0.15) is 0 Å². The Balaban J connectivity index is 0.000000924. The first-order chi connectivity index (χ1) is 10.9. The first kappa shape index (κ1) is 17.0. The Hall–Kier alpha value is -2.34. The van der Waals surface area contributed by atoms with Crippen LogP contribution in [0.1, 0.15) is 38.8 Å². The van der Waals surface area contributed by atoms with Gasteiger partial charge in [-0.15, -0.1) is 0 Å². The van der Waals surface area contributed by atoms with Gasteiger partial charge in [-0.1, -0.05) is 12.1 Å². The highest BCUT2D eigenvalue weighted by molar-refractivity contribution is 9.10. The zero-order valence-electron chi connectivity index (χ0n) is 12.3. The summed E-state index contributed by atoms with van der Waals surface area (Å²) in [7, 11) is 0. The number of halogens is 2. The maximum absolute atomic E-state index is 14.0. The Kier molecular flexibility index (Phi) is 4.75. The predicted molar refractivity (Wildman–Crippen MR) is 88.0 cm³/mol. The van der Waals surface area contributed by atoms with Gasteiger partial charge < -0.3 is 10.5 Å². The normalized spacial score (nSPS) is 11.1. The lowest BCUT2D eigenvalue weighted by atomic mass is 10.00. The smallest absolute Gasteiger partial charge is 0.249 e. The molecule has 0 saturated heterocycles. The summed E-state index contributed by atoms with van der Waals surface area (Å²) in [4.78, 5) is 31.0. The van der Waals surface area contributed by atoms with Crippen LogP contribution in [0, 0.1) is 5.82 Å². The molecule has 0 aliphatic heterocycles. The topological polar surface area (TPSA) is 77.2 Å². The minimum Gasteiger partial charge on any atom is -0.366 e. The molecule has 1 amide bonds. The van der Waals surface area contributed by atoms with Crippen LogP contribution in [-0.2, 0) is 11.2 Å². The van der Waals surface area contributed by atoms with Crippen molar-refractivity contribution in [1.29, 1.82) is 0 Å². The maximum Gasteiger partial charge on any atom is 0.249 e. The van der Waals surface area contributed by atoms with Gasteiger partial charge >= 0.3 is 0 Å². The van der Waals surface area contributed by atoms with Gasteiger partial charge in [0.15, 0.2) is 5.78 Å². The van der Waals surface area contributed by atoms with E-state index in [2.05, 4.69) is 15.9 Å². The second kappa shape index (κ2) is 6.42. The van der Waals surface area contributed by atoms with Crippen molar-refractivity contribution in [2.24, 2.45) is 5.73 Å². The fourth-order valence-electron chi connectivity index (χ4n) is 2.74. The van der Waals surface area contributed by atoms with Gasteiger partial charge in [0.1, 0.15) is 12.6 Å². The number of hydrogen-bond donors (Lipinski definition) is 1. The highest BCUT2D eigenvalue weighted by atomic mass is 79.9. The molecule has 3 rings (SSSR count). The Bertz CT molecular complexity index is 833. The van der Waals surface area contributed by atoms with E-state index in [1.54, 1.807) is 18.2 Å². The van der Waals surface area contributed by atoms with Crippen molar-refractivity contribution in [2.45, 2.75) is 13.3 Å². The van der Waals surface area contributed by atoms with Crippen LogP contribution >= 0.6 is 15.9 Å². The molecule has 0 heterocycles. The van der Waals surface area contributed by atoms with Crippen molar-refractivity contribution in [1.82, 2.24) is 0 Å². The molecule has 0 fully saturated rings. The van der Waals surface area contributed by atoms with E-state index in [-0.39, 0.29) is 11.3 Å². The lowest BCUT2D eigenvalue weighted by molar-refractivity contribution is -0.0980. The molecule has 0 saturated carbocycles. The third-order valence-electron chi connectivity index (χ3n) is 3.74. The fourth-order valence-corrected chi connectivity index (χ4v) is 3.31. The quantitative estimate of drug-likeness (QED) is 0.696. The molecule has 2 N–H and O–H groups in total. The van der Waals surface area contributed by atoms with Gasteiger partial charge in [-0.3, -0.25) is 9.59 Å². The standard InChI is InChI=1S/C16H11BrFNO2.CH2O/c1-7(20)8-2-3-10-9(4-8)5-11-12(16(19)21)6-13(18)15(17)14(10)11;1-2/h2-4,6H,5H2,1H3,(H2,19,21);1H2. The molecule has 2 aromatic carbocycles. The molecule has 118 valence electrons. The largest absolute Gasteiger partial charge is 0.366 e. The molecule has 0 spiro atoms. The molecule has 1 aliphatic rings. The molecule has 2 aromatic rings. The fraction of sp³-hybridized carbons (Fsp3) is 0.118. The van der Waals surface area contributed by atoms with Crippen LogP contribution in [-0.4, -0.2) is 18.5 Å². The lowest BCUT2D eigenvalue weighted by Crippen LogP contribution is -2.14. The van der Waals surface area contributed by atoms with E-state index in [9.17, 15) is 14.0 Å². The third-order valence-corrected chi connectivity index (χ3v) is 4.52. The second-order valence-corrected chi connectivity index (χ2v) is 5.84. The number of hydrogen-bond acceptors (Lipinski definition) is 3. The first-order valence-corrected chi connectivity index (χ1v) is 7.43. The molecule has 0 atom stereocenters. The van der Waals surface area contributed by atoms with Crippen LogP contribution in [0.2, 0.25) is 0 Å². The van der Waals surface area contributed by atoms with Crippen LogP contribution in [0.15, 0.2) is 28.7 Å². The number of amides is 1. The number of fused-ring (bicyclic) bond motifs is 3. The zero-order chi connectivity index (χ0) is 17.3. The predicted octanol–water partition coefficient (Wildman–Crippen LogP) is 3.28. The average molecular weight is 378 g/mol. The number of nitrogens with two attached hydrogens (primary N) is 1. The maximum atomic E-state index is 14.0. The van der Waals surface area contributed by atoms with E-state index >= 15 is 0 Å². The van der Waals surface area contributed by atoms with Crippen molar-refractivity contribution in [2.75, 3.05) is 0 Å². The summed E-state index contributed by atoms with van der Waals surface area (Å²) in [5, 5.41) is 0. The molecule has 0 aromatic heterocycles. The number of ketones is 1. The van der Waals surface area contributed by atoms with E-state index in [0.29, 0.717) is 27.6 Å². The van der Waals surface area contributed by atoms with Crippen LogP contribution in [0.3, 0.4) is 0 Å². The molecule has 0 unspecified atom stereocenters. The Morgan fingerprint density at radius 1 is 1.26 bits per heavy atom. The van der Waals surface area contributed by atoms with Crippen molar-refractivity contribution in [3.05, 3.63) is 56.8 Å². The highest BCUT2D eigenvalue weighted by Crippen LogP contribution is 2.44. The number of primary amides is 1. The number of benzene rings is 2. The van der Waals surface area contributed by atoms with Crippen molar-refractivity contribution in [3.8, 4) is 11.1 Å². The van der Waals surface area contributed by atoms with Gasteiger partial charge in [0, 0.05) is 16.7 Å². The number of rotatable bonds is 2. The molecule has 4 nitrogen and oxygen atoms in total. The Morgan fingerprint density at radius 2 is 1.91 bits per heavy atom. The van der Waals surface area contributed by atoms with Crippen LogP contribution in [0.4, 0.5) is 4.39 Å². The molecule has 1 aliphatic carbocycles. The lowest BCUT2D eigenvalue weighted by Gasteiger charge is -2.09. The van der Waals surface area contributed by atoms with Gasteiger partial charge in [-0.25, -0.2) is 4.39 Å². The summed E-state index contributed by atoms with van der Waals surface area (Å²) in [5.41, 5.74) is 9.19. The summed E-state index contributed by atoms with van der Waals surface area (Å²) in [6.45, 7) is 3.49. The van der Waals surface area contributed by atoms with Gasteiger partial charge in [0.05, 0.1) is 4.47 Å². The monoisotopic (exact) mass is 377 g/mol. The summed E-state index contributed by atoms with van der Waals surface area (Å²) in [5.74, 6) is -1.21. The molecular formula is C17H13BrFNO3. The summed E-state index contributed by atoms with van der Waals surface area (Å²) >= 11 is 3.24. The first-order valence-electron chi connectivity index (χ1n) is 6.64.